The van der Waals surface area contributed by atoms with E-state index in [1.54, 1.807) is 18.8 Å². The summed E-state index contributed by atoms with van der Waals surface area (Å²) in [6, 6.07) is 7.92. The van der Waals surface area contributed by atoms with Gasteiger partial charge < -0.3 is 15.4 Å². The van der Waals surface area contributed by atoms with Crippen molar-refractivity contribution in [2.75, 3.05) is 14.2 Å². The Morgan fingerprint density at radius 1 is 1.29 bits per heavy atom. The number of rotatable bonds is 5. The molecule has 6 nitrogen and oxygen atoms in total. The van der Waals surface area contributed by atoms with Gasteiger partial charge in [0.05, 0.1) is 13.3 Å². The van der Waals surface area contributed by atoms with Crippen molar-refractivity contribution in [3.63, 3.8) is 0 Å². The molecule has 0 saturated carbocycles. The Kier molecular flexibility index (Phi) is 5.20. The lowest BCUT2D eigenvalue weighted by atomic mass is 10.2. The Balaban J connectivity index is 1.88. The van der Waals surface area contributed by atoms with Crippen molar-refractivity contribution in [2.45, 2.75) is 13.1 Å². The van der Waals surface area contributed by atoms with Gasteiger partial charge in [-0.3, -0.25) is 9.67 Å². The zero-order valence-electron chi connectivity index (χ0n) is 12.6. The van der Waals surface area contributed by atoms with Gasteiger partial charge in [0.15, 0.2) is 5.96 Å². The van der Waals surface area contributed by atoms with Crippen molar-refractivity contribution < 1.29 is 4.74 Å². The third-order valence-electron chi connectivity index (χ3n) is 3.08. The van der Waals surface area contributed by atoms with E-state index >= 15 is 0 Å². The van der Waals surface area contributed by atoms with E-state index in [0.29, 0.717) is 13.1 Å². The Labute approximate surface area is 124 Å². The fourth-order valence-electron chi connectivity index (χ4n) is 2.00. The highest BCUT2D eigenvalue weighted by Gasteiger charge is 2.04. The number of benzene rings is 1. The van der Waals surface area contributed by atoms with Crippen LogP contribution in [0.1, 0.15) is 11.1 Å². The number of aliphatic imine (C=N–C) groups is 1. The van der Waals surface area contributed by atoms with E-state index in [1.165, 1.54) is 0 Å². The number of nitrogens with one attached hydrogen (secondary N) is 2. The van der Waals surface area contributed by atoms with Crippen molar-refractivity contribution in [3.05, 3.63) is 47.8 Å². The second-order valence-corrected chi connectivity index (χ2v) is 4.61. The van der Waals surface area contributed by atoms with Gasteiger partial charge in [-0.1, -0.05) is 18.2 Å². The smallest absolute Gasteiger partial charge is 0.191 e. The van der Waals surface area contributed by atoms with Gasteiger partial charge in [0, 0.05) is 44.5 Å². The van der Waals surface area contributed by atoms with Gasteiger partial charge in [0.2, 0.25) is 0 Å². The molecule has 2 aromatic rings. The van der Waals surface area contributed by atoms with Crippen molar-refractivity contribution in [2.24, 2.45) is 12.0 Å². The number of guanidine groups is 1. The highest BCUT2D eigenvalue weighted by Crippen LogP contribution is 2.16. The quantitative estimate of drug-likeness (QED) is 0.642. The van der Waals surface area contributed by atoms with Crippen LogP contribution in [0.25, 0.3) is 0 Å². The van der Waals surface area contributed by atoms with Gasteiger partial charge in [-0.05, 0) is 6.07 Å². The molecule has 6 heteroatoms. The molecule has 0 atom stereocenters. The van der Waals surface area contributed by atoms with Gasteiger partial charge in [-0.2, -0.15) is 5.10 Å². The molecule has 0 radical (unpaired) electrons. The lowest BCUT2D eigenvalue weighted by Crippen LogP contribution is -2.36. The van der Waals surface area contributed by atoms with E-state index < -0.39 is 0 Å². The first-order valence-corrected chi connectivity index (χ1v) is 6.77. The largest absolute Gasteiger partial charge is 0.496 e. The maximum absolute atomic E-state index is 5.33. The molecule has 0 bridgehead atoms. The van der Waals surface area contributed by atoms with Crippen LogP contribution in [0.5, 0.6) is 5.75 Å². The van der Waals surface area contributed by atoms with Crippen LogP contribution in [0.4, 0.5) is 0 Å². The maximum Gasteiger partial charge on any atom is 0.191 e. The molecule has 0 aliphatic rings. The van der Waals surface area contributed by atoms with Crippen molar-refractivity contribution >= 4 is 5.96 Å². The number of aryl methyl sites for hydroxylation is 1. The van der Waals surface area contributed by atoms with Crippen LogP contribution in [0.2, 0.25) is 0 Å². The molecule has 2 rings (SSSR count). The molecule has 0 fully saturated rings. The van der Waals surface area contributed by atoms with Crippen molar-refractivity contribution in [3.8, 4) is 5.75 Å². The Morgan fingerprint density at radius 3 is 2.71 bits per heavy atom. The van der Waals surface area contributed by atoms with Crippen LogP contribution in [-0.2, 0) is 20.1 Å². The molecule has 0 spiro atoms. The number of ether oxygens (including phenoxy) is 1. The molecule has 1 heterocycles. The molecule has 0 aliphatic carbocycles. The molecule has 0 aliphatic heterocycles. The fraction of sp³-hybridized carbons (Fsp3) is 0.333. The third-order valence-corrected chi connectivity index (χ3v) is 3.08. The van der Waals surface area contributed by atoms with Crippen LogP contribution in [0.15, 0.2) is 41.7 Å². The Morgan fingerprint density at radius 2 is 2.05 bits per heavy atom. The molecule has 21 heavy (non-hydrogen) atoms. The van der Waals surface area contributed by atoms with E-state index in [9.17, 15) is 0 Å². The highest BCUT2D eigenvalue weighted by atomic mass is 16.5. The minimum absolute atomic E-state index is 0.650. The zero-order valence-corrected chi connectivity index (χ0v) is 12.6. The molecule has 112 valence electrons. The first kappa shape index (κ1) is 14.9. The number of hydrogen-bond acceptors (Lipinski definition) is 3. The van der Waals surface area contributed by atoms with E-state index in [1.807, 2.05) is 43.7 Å². The summed E-state index contributed by atoms with van der Waals surface area (Å²) in [6.45, 7) is 1.33. The lowest BCUT2D eigenvalue weighted by Gasteiger charge is -2.13. The molecule has 2 N–H and O–H groups in total. The fourth-order valence-corrected chi connectivity index (χ4v) is 2.00. The van der Waals surface area contributed by atoms with E-state index in [-0.39, 0.29) is 0 Å². The minimum Gasteiger partial charge on any atom is -0.496 e. The molecule has 0 saturated heterocycles. The van der Waals surface area contributed by atoms with Crippen molar-refractivity contribution in [1.29, 1.82) is 0 Å². The van der Waals surface area contributed by atoms with Gasteiger partial charge >= 0.3 is 0 Å². The summed E-state index contributed by atoms with van der Waals surface area (Å²) >= 11 is 0. The second-order valence-electron chi connectivity index (χ2n) is 4.61. The molecular weight excluding hydrogens is 266 g/mol. The lowest BCUT2D eigenvalue weighted by molar-refractivity contribution is 0.409. The number of methoxy groups -OCH3 is 1. The first-order valence-electron chi connectivity index (χ1n) is 6.77. The van der Waals surface area contributed by atoms with Gasteiger partial charge in [0.25, 0.3) is 0 Å². The number of para-hydroxylation sites is 1. The number of hydrogen-bond donors (Lipinski definition) is 2. The standard InChI is InChI=1S/C15H21N5O/c1-16-15(17-8-12-9-19-20(2)11-12)18-10-13-6-4-5-7-14(13)21-3/h4-7,9,11H,8,10H2,1-3H3,(H2,16,17,18). The zero-order chi connectivity index (χ0) is 15.1. The number of nitrogens with zero attached hydrogens (tertiary/aromatic N) is 3. The molecule has 1 aromatic heterocycles. The third kappa shape index (κ3) is 4.24. The highest BCUT2D eigenvalue weighted by molar-refractivity contribution is 5.79. The molecule has 1 aromatic carbocycles. The predicted octanol–water partition coefficient (Wildman–Crippen LogP) is 1.29. The average Bonchev–Trinajstić information content (AvgIpc) is 2.93. The summed E-state index contributed by atoms with van der Waals surface area (Å²) in [6.07, 6.45) is 3.81. The van der Waals surface area contributed by atoms with Crippen LogP contribution >= 0.6 is 0 Å². The Bertz CT molecular complexity index is 606. The molecule has 0 unspecified atom stereocenters. The summed E-state index contributed by atoms with van der Waals surface area (Å²) in [7, 11) is 5.33. The van der Waals surface area contributed by atoms with Crippen LogP contribution in [0, 0.1) is 0 Å². The first-order chi connectivity index (χ1) is 10.2. The second kappa shape index (κ2) is 7.33. The van der Waals surface area contributed by atoms with Gasteiger partial charge in [-0.25, -0.2) is 0 Å². The van der Waals surface area contributed by atoms with Gasteiger partial charge in [-0.15, -0.1) is 0 Å². The normalized spacial score (nSPS) is 11.3. The average molecular weight is 287 g/mol. The minimum atomic E-state index is 0.650. The topological polar surface area (TPSA) is 63.5 Å². The molecule has 0 amide bonds. The Hall–Kier alpha value is -2.50. The summed E-state index contributed by atoms with van der Waals surface area (Å²) in [5.41, 5.74) is 2.20. The summed E-state index contributed by atoms with van der Waals surface area (Å²) in [4.78, 5) is 4.21. The maximum atomic E-state index is 5.33. The summed E-state index contributed by atoms with van der Waals surface area (Å²) in [5.74, 6) is 1.61. The monoisotopic (exact) mass is 287 g/mol. The molecular formula is C15H21N5O. The van der Waals surface area contributed by atoms with Crippen molar-refractivity contribution in [1.82, 2.24) is 20.4 Å². The summed E-state index contributed by atoms with van der Waals surface area (Å²) in [5, 5.41) is 10.7. The van der Waals surface area contributed by atoms with E-state index in [0.717, 1.165) is 22.8 Å². The van der Waals surface area contributed by atoms with E-state index in [2.05, 4.69) is 20.7 Å². The van der Waals surface area contributed by atoms with Crippen LogP contribution in [-0.4, -0.2) is 29.9 Å². The number of aromatic nitrogens is 2. The van der Waals surface area contributed by atoms with Crippen LogP contribution < -0.4 is 15.4 Å². The van der Waals surface area contributed by atoms with Crippen LogP contribution in [0.3, 0.4) is 0 Å². The van der Waals surface area contributed by atoms with Gasteiger partial charge in [0.1, 0.15) is 5.75 Å². The SMILES string of the molecule is CN=C(NCc1cnn(C)c1)NCc1ccccc1OC. The van der Waals surface area contributed by atoms with E-state index in [4.69, 9.17) is 4.74 Å². The summed E-state index contributed by atoms with van der Waals surface area (Å²) < 4.78 is 7.11. The predicted molar refractivity (Wildman–Crippen MR) is 83.2 cm³/mol.